The summed E-state index contributed by atoms with van der Waals surface area (Å²) < 4.78 is 15.6. The van der Waals surface area contributed by atoms with Gasteiger partial charge in [0.2, 0.25) is 0 Å². The number of rotatable bonds is 14. The maximum Gasteiger partial charge on any atom is 0.0589 e. The fraction of sp³-hybridized carbons (Fsp3) is 1.00. The first-order valence-corrected chi connectivity index (χ1v) is 7.26. The second kappa shape index (κ2) is 14.2. The number of methoxy groups -OCH3 is 2. The summed E-state index contributed by atoms with van der Waals surface area (Å²) in [7, 11) is 3.48. The third kappa shape index (κ3) is 11.3. The number of hydrogen-bond acceptors (Lipinski definition) is 5. The van der Waals surface area contributed by atoms with E-state index in [0.29, 0.717) is 6.04 Å². The number of nitrogens with zero attached hydrogens (tertiary/aromatic N) is 1. The Morgan fingerprint density at radius 3 is 2.21 bits per heavy atom. The lowest BCUT2D eigenvalue weighted by atomic mass is 10.2. The third-order valence-corrected chi connectivity index (χ3v) is 3.07. The van der Waals surface area contributed by atoms with Crippen LogP contribution in [0, 0.1) is 0 Å². The van der Waals surface area contributed by atoms with Crippen LogP contribution in [0.1, 0.15) is 20.3 Å². The zero-order chi connectivity index (χ0) is 14.3. The van der Waals surface area contributed by atoms with E-state index in [1.54, 1.807) is 14.2 Å². The Morgan fingerprint density at radius 2 is 1.68 bits per heavy atom. The van der Waals surface area contributed by atoms with Gasteiger partial charge in [-0.3, -0.25) is 4.90 Å². The monoisotopic (exact) mass is 276 g/mol. The highest BCUT2D eigenvalue weighted by atomic mass is 16.5. The summed E-state index contributed by atoms with van der Waals surface area (Å²) in [4.78, 5) is 2.39. The lowest BCUT2D eigenvalue weighted by Crippen LogP contribution is -2.43. The first-order valence-electron chi connectivity index (χ1n) is 7.26. The van der Waals surface area contributed by atoms with Crippen LogP contribution < -0.4 is 5.32 Å². The van der Waals surface area contributed by atoms with Crippen LogP contribution in [0.2, 0.25) is 0 Å². The Kier molecular flexibility index (Phi) is 14.1. The fourth-order valence-electron chi connectivity index (χ4n) is 1.85. The van der Waals surface area contributed by atoms with E-state index in [-0.39, 0.29) is 0 Å². The van der Waals surface area contributed by atoms with Gasteiger partial charge in [-0.2, -0.15) is 0 Å². The Bertz CT molecular complexity index is 174. The Morgan fingerprint density at radius 1 is 1.05 bits per heavy atom. The second-order valence-corrected chi connectivity index (χ2v) is 4.63. The molecule has 1 N–H and O–H groups in total. The van der Waals surface area contributed by atoms with E-state index < -0.39 is 0 Å². The Hall–Kier alpha value is -0.200. The molecule has 19 heavy (non-hydrogen) atoms. The summed E-state index contributed by atoms with van der Waals surface area (Å²) in [6, 6.07) is 0.484. The van der Waals surface area contributed by atoms with Crippen LogP contribution >= 0.6 is 0 Å². The molecule has 0 amide bonds. The maximum atomic E-state index is 5.31. The van der Waals surface area contributed by atoms with Gasteiger partial charge in [-0.15, -0.1) is 0 Å². The van der Waals surface area contributed by atoms with E-state index in [1.165, 1.54) is 0 Å². The molecule has 0 aliphatic carbocycles. The van der Waals surface area contributed by atoms with Gasteiger partial charge in [0.25, 0.3) is 0 Å². The van der Waals surface area contributed by atoms with Gasteiger partial charge < -0.3 is 19.5 Å². The van der Waals surface area contributed by atoms with Crippen LogP contribution in [-0.4, -0.2) is 77.8 Å². The summed E-state index contributed by atoms with van der Waals surface area (Å²) in [5, 5.41) is 3.47. The minimum Gasteiger partial charge on any atom is -0.383 e. The summed E-state index contributed by atoms with van der Waals surface area (Å²) in [6.07, 6.45) is 1.07. The molecule has 5 heteroatoms. The van der Waals surface area contributed by atoms with E-state index in [2.05, 4.69) is 17.1 Å². The standard InChI is InChI=1S/C14H32N2O3/c1-5-19-10-6-7-15-13-14(2)16(8-11-17-3)9-12-18-4/h14-15H,5-13H2,1-4H3. The van der Waals surface area contributed by atoms with E-state index >= 15 is 0 Å². The SMILES string of the molecule is CCOCCCNCC(C)N(CCOC)CCOC. The molecule has 0 saturated heterocycles. The molecule has 0 aliphatic rings. The minimum absolute atomic E-state index is 0.484. The summed E-state index contributed by atoms with van der Waals surface area (Å²) in [6.45, 7) is 11.3. The molecule has 0 bridgehead atoms. The maximum absolute atomic E-state index is 5.31. The Balaban J connectivity index is 3.72. The summed E-state index contributed by atoms with van der Waals surface area (Å²) >= 11 is 0. The van der Waals surface area contributed by atoms with Gasteiger partial charge in [-0.1, -0.05) is 0 Å². The van der Waals surface area contributed by atoms with Crippen LogP contribution in [0.3, 0.4) is 0 Å². The van der Waals surface area contributed by atoms with E-state index in [1.807, 2.05) is 6.92 Å². The van der Waals surface area contributed by atoms with E-state index in [9.17, 15) is 0 Å². The van der Waals surface area contributed by atoms with Crippen LogP contribution in [0.5, 0.6) is 0 Å². The quantitative estimate of drug-likeness (QED) is 0.479. The van der Waals surface area contributed by atoms with Gasteiger partial charge in [0, 0.05) is 53.1 Å². The predicted molar refractivity (Wildman–Crippen MR) is 78.8 cm³/mol. The molecule has 0 aromatic heterocycles. The van der Waals surface area contributed by atoms with Gasteiger partial charge in [0.15, 0.2) is 0 Å². The van der Waals surface area contributed by atoms with Gasteiger partial charge in [-0.05, 0) is 26.8 Å². The molecule has 5 nitrogen and oxygen atoms in total. The zero-order valence-corrected chi connectivity index (χ0v) is 13.1. The van der Waals surface area contributed by atoms with Gasteiger partial charge in [0.1, 0.15) is 0 Å². The number of nitrogens with one attached hydrogen (secondary N) is 1. The highest BCUT2D eigenvalue weighted by molar-refractivity contribution is 4.69. The molecular weight excluding hydrogens is 244 g/mol. The van der Waals surface area contributed by atoms with Crippen molar-refractivity contribution in [3.63, 3.8) is 0 Å². The molecule has 1 atom stereocenters. The van der Waals surface area contributed by atoms with Crippen molar-refractivity contribution in [3.05, 3.63) is 0 Å². The van der Waals surface area contributed by atoms with Crippen LogP contribution in [0.25, 0.3) is 0 Å². The molecule has 116 valence electrons. The second-order valence-electron chi connectivity index (χ2n) is 4.63. The molecule has 0 saturated carbocycles. The Labute approximate surface area is 118 Å². The van der Waals surface area contributed by atoms with Crippen LogP contribution in [0.15, 0.2) is 0 Å². The predicted octanol–water partition coefficient (Wildman–Crippen LogP) is 0.986. The summed E-state index contributed by atoms with van der Waals surface area (Å²) in [5.74, 6) is 0. The zero-order valence-electron chi connectivity index (χ0n) is 13.1. The normalized spacial score (nSPS) is 13.1. The largest absolute Gasteiger partial charge is 0.383 e. The summed E-state index contributed by atoms with van der Waals surface area (Å²) in [5.41, 5.74) is 0. The topological polar surface area (TPSA) is 43.0 Å². The number of hydrogen-bond donors (Lipinski definition) is 1. The first kappa shape index (κ1) is 18.8. The van der Waals surface area contributed by atoms with Crippen molar-refractivity contribution in [1.82, 2.24) is 10.2 Å². The average molecular weight is 276 g/mol. The molecule has 0 rings (SSSR count). The van der Waals surface area contributed by atoms with Crippen molar-refractivity contribution in [1.29, 1.82) is 0 Å². The van der Waals surface area contributed by atoms with Crippen molar-refractivity contribution in [2.24, 2.45) is 0 Å². The molecule has 0 fully saturated rings. The van der Waals surface area contributed by atoms with Gasteiger partial charge >= 0.3 is 0 Å². The highest BCUT2D eigenvalue weighted by Gasteiger charge is 2.12. The van der Waals surface area contributed by atoms with Crippen molar-refractivity contribution in [2.45, 2.75) is 26.3 Å². The van der Waals surface area contributed by atoms with E-state index in [0.717, 1.165) is 59.0 Å². The van der Waals surface area contributed by atoms with Gasteiger partial charge in [-0.25, -0.2) is 0 Å². The molecule has 1 unspecified atom stereocenters. The molecule has 0 aliphatic heterocycles. The van der Waals surface area contributed by atoms with Crippen LogP contribution in [-0.2, 0) is 14.2 Å². The minimum atomic E-state index is 0.484. The van der Waals surface area contributed by atoms with Crippen molar-refractivity contribution < 1.29 is 14.2 Å². The highest BCUT2D eigenvalue weighted by Crippen LogP contribution is 1.98. The molecule has 0 spiro atoms. The average Bonchev–Trinajstić information content (AvgIpc) is 2.42. The lowest BCUT2D eigenvalue weighted by Gasteiger charge is -2.28. The van der Waals surface area contributed by atoms with Crippen molar-refractivity contribution in [2.75, 3.05) is 66.8 Å². The fourth-order valence-corrected chi connectivity index (χ4v) is 1.85. The molecular formula is C14H32N2O3. The molecule has 0 radical (unpaired) electrons. The van der Waals surface area contributed by atoms with E-state index in [4.69, 9.17) is 14.2 Å². The lowest BCUT2D eigenvalue weighted by molar-refractivity contribution is 0.0911. The first-order chi connectivity index (χ1) is 9.26. The van der Waals surface area contributed by atoms with Gasteiger partial charge in [0.05, 0.1) is 13.2 Å². The van der Waals surface area contributed by atoms with Crippen LogP contribution in [0.4, 0.5) is 0 Å². The molecule has 0 aromatic carbocycles. The third-order valence-electron chi connectivity index (χ3n) is 3.07. The molecule has 0 aromatic rings. The molecule has 0 heterocycles. The smallest absolute Gasteiger partial charge is 0.0589 e. The van der Waals surface area contributed by atoms with Crippen molar-refractivity contribution >= 4 is 0 Å². The number of ether oxygens (including phenoxy) is 3. The van der Waals surface area contributed by atoms with Crippen molar-refractivity contribution in [3.8, 4) is 0 Å².